The standard InChI is InChI=1S/C23H17F2N3O5S/c1-27-18-11-17(26-21(29)13-4-3-5-15(25)10-13)20(12-19(18)28(2)23(31)22(27)30)34(32,33)16-8-6-14(24)7-9-16/h3-12H,1-2H3,(H,26,29). The van der Waals surface area contributed by atoms with Crippen molar-refractivity contribution in [3.8, 4) is 0 Å². The molecule has 0 bridgehead atoms. The van der Waals surface area contributed by atoms with E-state index in [1.807, 2.05) is 0 Å². The minimum Gasteiger partial charge on any atom is -0.321 e. The van der Waals surface area contributed by atoms with Gasteiger partial charge in [-0.25, -0.2) is 17.2 Å². The number of nitrogens with one attached hydrogen (secondary N) is 1. The Balaban J connectivity index is 2.00. The Morgan fingerprint density at radius 3 is 2.00 bits per heavy atom. The summed E-state index contributed by atoms with van der Waals surface area (Å²) < 4.78 is 55.9. The van der Waals surface area contributed by atoms with Crippen LogP contribution in [0.4, 0.5) is 14.5 Å². The monoisotopic (exact) mass is 485 g/mol. The van der Waals surface area contributed by atoms with Crippen molar-refractivity contribution in [3.63, 3.8) is 0 Å². The van der Waals surface area contributed by atoms with Crippen molar-refractivity contribution in [1.82, 2.24) is 9.13 Å². The number of sulfone groups is 1. The summed E-state index contributed by atoms with van der Waals surface area (Å²) in [5.74, 6) is -2.11. The van der Waals surface area contributed by atoms with Gasteiger partial charge in [-0.05, 0) is 54.6 Å². The lowest BCUT2D eigenvalue weighted by Crippen LogP contribution is -2.39. The molecule has 0 atom stereocenters. The fourth-order valence-corrected chi connectivity index (χ4v) is 4.90. The van der Waals surface area contributed by atoms with Gasteiger partial charge >= 0.3 is 11.1 Å². The number of rotatable bonds is 4. The largest absolute Gasteiger partial charge is 0.321 e. The predicted octanol–water partition coefficient (Wildman–Crippen LogP) is 2.60. The first-order valence-corrected chi connectivity index (χ1v) is 11.3. The molecule has 8 nitrogen and oxygen atoms in total. The zero-order valence-electron chi connectivity index (χ0n) is 17.9. The van der Waals surface area contributed by atoms with Gasteiger partial charge in [0.1, 0.15) is 11.6 Å². The lowest BCUT2D eigenvalue weighted by molar-refractivity contribution is 0.102. The van der Waals surface area contributed by atoms with E-state index in [1.165, 1.54) is 32.3 Å². The molecule has 0 aliphatic carbocycles. The van der Waals surface area contributed by atoms with Crippen molar-refractivity contribution in [2.75, 3.05) is 5.32 Å². The molecule has 0 aliphatic rings. The average Bonchev–Trinajstić information content (AvgIpc) is 2.81. The van der Waals surface area contributed by atoms with Crippen LogP contribution in [0.1, 0.15) is 10.4 Å². The molecule has 4 aromatic rings. The maximum Gasteiger partial charge on any atom is 0.316 e. The second kappa shape index (κ2) is 8.34. The number of hydrogen-bond acceptors (Lipinski definition) is 5. The molecule has 0 aliphatic heterocycles. The summed E-state index contributed by atoms with van der Waals surface area (Å²) in [5, 5.41) is 2.45. The van der Waals surface area contributed by atoms with Crippen LogP contribution in [-0.2, 0) is 23.9 Å². The Morgan fingerprint density at radius 1 is 0.824 bits per heavy atom. The summed E-state index contributed by atoms with van der Waals surface area (Å²) in [6, 6.07) is 11.2. The van der Waals surface area contributed by atoms with E-state index in [2.05, 4.69) is 5.32 Å². The summed E-state index contributed by atoms with van der Waals surface area (Å²) >= 11 is 0. The first kappa shape index (κ1) is 23.1. The van der Waals surface area contributed by atoms with Gasteiger partial charge in [0.2, 0.25) is 9.84 Å². The molecule has 34 heavy (non-hydrogen) atoms. The van der Waals surface area contributed by atoms with E-state index in [9.17, 15) is 31.6 Å². The molecule has 174 valence electrons. The SMILES string of the molecule is Cn1c(=O)c(=O)n(C)c2cc(S(=O)(=O)c3ccc(F)cc3)c(NC(=O)c3cccc(F)c3)cc21. The molecule has 0 spiro atoms. The highest BCUT2D eigenvalue weighted by molar-refractivity contribution is 7.91. The predicted molar refractivity (Wildman–Crippen MR) is 121 cm³/mol. The Morgan fingerprint density at radius 2 is 1.41 bits per heavy atom. The van der Waals surface area contributed by atoms with E-state index in [0.29, 0.717) is 0 Å². The third kappa shape index (κ3) is 3.90. The third-order valence-corrected chi connectivity index (χ3v) is 7.15. The van der Waals surface area contributed by atoms with Gasteiger partial charge in [-0.1, -0.05) is 6.07 Å². The zero-order valence-corrected chi connectivity index (χ0v) is 18.7. The maximum absolute atomic E-state index is 13.6. The van der Waals surface area contributed by atoms with Gasteiger partial charge in [0.25, 0.3) is 5.91 Å². The molecule has 1 aromatic heterocycles. The lowest BCUT2D eigenvalue weighted by Gasteiger charge is -2.16. The van der Waals surface area contributed by atoms with Gasteiger partial charge in [-0.3, -0.25) is 14.4 Å². The molecule has 3 aromatic carbocycles. The number of carbonyl (C=O) groups is 1. The molecule has 4 rings (SSSR count). The van der Waals surface area contributed by atoms with Gasteiger partial charge in [-0.2, -0.15) is 0 Å². The number of hydrogen-bond donors (Lipinski definition) is 1. The second-order valence-electron chi connectivity index (χ2n) is 7.49. The lowest BCUT2D eigenvalue weighted by atomic mass is 10.2. The van der Waals surface area contributed by atoms with Crippen LogP contribution in [0.5, 0.6) is 0 Å². The van der Waals surface area contributed by atoms with Gasteiger partial charge in [0.15, 0.2) is 0 Å². The van der Waals surface area contributed by atoms with Crippen molar-refractivity contribution < 1.29 is 22.0 Å². The van der Waals surface area contributed by atoms with Crippen LogP contribution in [0.3, 0.4) is 0 Å². The molecule has 1 heterocycles. The van der Waals surface area contributed by atoms with Crippen molar-refractivity contribution in [1.29, 1.82) is 0 Å². The molecule has 0 saturated heterocycles. The highest BCUT2D eigenvalue weighted by atomic mass is 32.2. The van der Waals surface area contributed by atoms with E-state index in [4.69, 9.17) is 0 Å². The number of aromatic nitrogens is 2. The Hall–Kier alpha value is -4.12. The summed E-state index contributed by atoms with van der Waals surface area (Å²) in [6.07, 6.45) is 0. The number of amides is 1. The molecular weight excluding hydrogens is 468 g/mol. The normalized spacial score (nSPS) is 11.5. The summed E-state index contributed by atoms with van der Waals surface area (Å²) in [6.45, 7) is 0. The van der Waals surface area contributed by atoms with Gasteiger partial charge < -0.3 is 14.5 Å². The molecular formula is C23H17F2N3O5S. The first-order chi connectivity index (χ1) is 16.0. The molecule has 11 heteroatoms. The topological polar surface area (TPSA) is 107 Å². The Bertz CT molecular complexity index is 1690. The van der Waals surface area contributed by atoms with Crippen LogP contribution in [0, 0.1) is 11.6 Å². The molecule has 0 radical (unpaired) electrons. The highest BCUT2D eigenvalue weighted by Gasteiger charge is 2.25. The fraction of sp³-hybridized carbons (Fsp3) is 0.0870. The van der Waals surface area contributed by atoms with Gasteiger partial charge in [-0.15, -0.1) is 0 Å². The van der Waals surface area contributed by atoms with E-state index >= 15 is 0 Å². The average molecular weight is 485 g/mol. The van der Waals surface area contributed by atoms with E-state index in [-0.39, 0.29) is 27.2 Å². The van der Waals surface area contributed by atoms with Crippen molar-refractivity contribution in [3.05, 3.63) is 98.6 Å². The van der Waals surface area contributed by atoms with E-state index < -0.39 is 43.4 Å². The van der Waals surface area contributed by atoms with Crippen molar-refractivity contribution in [2.24, 2.45) is 14.1 Å². The number of benzene rings is 3. The maximum atomic E-state index is 13.6. The van der Waals surface area contributed by atoms with Crippen LogP contribution in [0.2, 0.25) is 0 Å². The van der Waals surface area contributed by atoms with E-state index in [0.717, 1.165) is 51.6 Å². The minimum atomic E-state index is -4.32. The molecule has 1 amide bonds. The van der Waals surface area contributed by atoms with E-state index in [1.54, 1.807) is 0 Å². The summed E-state index contributed by atoms with van der Waals surface area (Å²) in [5.41, 5.74) is -1.74. The van der Waals surface area contributed by atoms with Gasteiger partial charge in [0.05, 0.1) is 26.5 Å². The zero-order chi connectivity index (χ0) is 24.8. The molecule has 0 saturated carbocycles. The first-order valence-electron chi connectivity index (χ1n) is 9.82. The minimum absolute atomic E-state index is 0.0698. The Kier molecular flexibility index (Phi) is 5.65. The highest BCUT2D eigenvalue weighted by Crippen LogP contribution is 2.32. The Labute approximate surface area is 191 Å². The number of carbonyl (C=O) groups excluding carboxylic acids is 1. The van der Waals surface area contributed by atoms with Crippen LogP contribution < -0.4 is 16.4 Å². The second-order valence-corrected chi connectivity index (χ2v) is 9.41. The van der Waals surface area contributed by atoms with Crippen LogP contribution >= 0.6 is 0 Å². The van der Waals surface area contributed by atoms with Crippen molar-refractivity contribution in [2.45, 2.75) is 9.79 Å². The molecule has 1 N–H and O–H groups in total. The smallest absolute Gasteiger partial charge is 0.316 e. The number of fused-ring (bicyclic) bond motifs is 1. The quantitative estimate of drug-likeness (QED) is 0.353. The fourth-order valence-electron chi connectivity index (χ4n) is 3.49. The number of nitrogens with zero attached hydrogens (tertiary/aromatic N) is 2. The number of aryl methyl sites for hydroxylation is 2. The third-order valence-electron chi connectivity index (χ3n) is 5.34. The number of halogens is 2. The summed E-state index contributed by atoms with van der Waals surface area (Å²) in [7, 11) is -1.68. The van der Waals surface area contributed by atoms with Crippen molar-refractivity contribution >= 4 is 32.5 Å². The molecule has 0 unspecified atom stereocenters. The van der Waals surface area contributed by atoms with Crippen LogP contribution in [0.25, 0.3) is 11.0 Å². The molecule has 0 fully saturated rings. The van der Waals surface area contributed by atoms with Crippen LogP contribution in [-0.4, -0.2) is 23.5 Å². The summed E-state index contributed by atoms with van der Waals surface area (Å²) in [4.78, 5) is 36.7. The van der Waals surface area contributed by atoms with Gasteiger partial charge in [0, 0.05) is 19.7 Å². The van der Waals surface area contributed by atoms with Crippen LogP contribution in [0.15, 0.2) is 80.0 Å². The number of anilines is 1.